The molecule has 0 N–H and O–H groups in total. The van der Waals surface area contributed by atoms with E-state index < -0.39 is 11.0 Å². The average Bonchev–Trinajstić information content (AvgIpc) is 3.30. The summed E-state index contributed by atoms with van der Waals surface area (Å²) in [5.74, 6) is 1.26. The number of non-ortho nitro benzene ring substituents is 1. The summed E-state index contributed by atoms with van der Waals surface area (Å²) in [6.07, 6.45) is 0.229. The van der Waals surface area contributed by atoms with E-state index in [0.717, 1.165) is 15.7 Å². The highest BCUT2D eigenvalue weighted by atomic mass is 32.2. The van der Waals surface area contributed by atoms with Crippen LogP contribution in [0.15, 0.2) is 64.4 Å². The second-order valence-electron chi connectivity index (χ2n) is 6.38. The molecular weight excluding hydrogens is 396 g/mol. The lowest BCUT2D eigenvalue weighted by Gasteiger charge is -2.23. The standard InChI is InChI=1S/C20H16N2O4S2/c23-18-16(12-13-5-4-8-15(11-13)22(25)26)21(14-6-2-1-3-7-14)19(24)17(18)20-27-9-10-28-20/h1-8,11,16H,9-10,12H2. The molecule has 8 heteroatoms. The minimum Gasteiger partial charge on any atom is -0.297 e. The number of carbonyl (C=O) groups excluding carboxylic acids is 2. The minimum atomic E-state index is -0.707. The summed E-state index contributed by atoms with van der Waals surface area (Å²) in [4.78, 5) is 38.6. The highest BCUT2D eigenvalue weighted by Gasteiger charge is 2.46. The van der Waals surface area contributed by atoms with Crippen molar-refractivity contribution in [1.29, 1.82) is 0 Å². The summed E-state index contributed by atoms with van der Waals surface area (Å²) < 4.78 is 0.789. The molecular formula is C20H16N2O4S2. The number of anilines is 1. The first-order chi connectivity index (χ1) is 13.6. The second-order valence-corrected chi connectivity index (χ2v) is 8.85. The van der Waals surface area contributed by atoms with E-state index in [1.807, 2.05) is 18.2 Å². The van der Waals surface area contributed by atoms with Crippen LogP contribution in [0.3, 0.4) is 0 Å². The lowest BCUT2D eigenvalue weighted by atomic mass is 10.0. The first-order valence-corrected chi connectivity index (χ1v) is 10.7. The Morgan fingerprint density at radius 3 is 2.43 bits per heavy atom. The number of carbonyl (C=O) groups is 2. The summed E-state index contributed by atoms with van der Waals surface area (Å²) in [6.45, 7) is 0. The van der Waals surface area contributed by atoms with Gasteiger partial charge in [-0.1, -0.05) is 30.3 Å². The van der Waals surface area contributed by atoms with E-state index in [1.54, 1.807) is 47.8 Å². The first-order valence-electron chi connectivity index (χ1n) is 8.72. The van der Waals surface area contributed by atoms with E-state index in [-0.39, 0.29) is 29.4 Å². The van der Waals surface area contributed by atoms with Gasteiger partial charge in [-0.05, 0) is 17.7 Å². The monoisotopic (exact) mass is 412 g/mol. The molecule has 0 radical (unpaired) electrons. The van der Waals surface area contributed by atoms with Crippen LogP contribution >= 0.6 is 23.5 Å². The molecule has 1 unspecified atom stereocenters. The third kappa shape index (κ3) is 3.45. The van der Waals surface area contributed by atoms with Crippen LogP contribution in [0.4, 0.5) is 11.4 Å². The zero-order chi connectivity index (χ0) is 19.7. The zero-order valence-electron chi connectivity index (χ0n) is 14.7. The van der Waals surface area contributed by atoms with E-state index in [1.165, 1.54) is 17.0 Å². The van der Waals surface area contributed by atoms with Gasteiger partial charge in [0.1, 0.15) is 11.6 Å². The number of amides is 1. The average molecular weight is 412 g/mol. The molecule has 2 fully saturated rings. The van der Waals surface area contributed by atoms with Crippen LogP contribution in [-0.4, -0.2) is 34.2 Å². The van der Waals surface area contributed by atoms with Crippen molar-refractivity contribution in [3.8, 4) is 0 Å². The third-order valence-corrected chi connectivity index (χ3v) is 7.35. The van der Waals surface area contributed by atoms with Crippen molar-refractivity contribution in [3.63, 3.8) is 0 Å². The molecule has 0 saturated carbocycles. The Morgan fingerprint density at radius 2 is 1.75 bits per heavy atom. The van der Waals surface area contributed by atoms with Gasteiger partial charge in [-0.2, -0.15) is 0 Å². The molecule has 0 bridgehead atoms. The predicted octanol–water partition coefficient (Wildman–Crippen LogP) is 3.81. The lowest BCUT2D eigenvalue weighted by Crippen LogP contribution is -2.37. The minimum absolute atomic E-state index is 0.0268. The summed E-state index contributed by atoms with van der Waals surface area (Å²) in [7, 11) is 0. The molecule has 0 aromatic heterocycles. The number of ketones is 1. The number of nitro groups is 1. The topological polar surface area (TPSA) is 80.5 Å². The Hall–Kier alpha value is -2.58. The van der Waals surface area contributed by atoms with Gasteiger partial charge in [0.25, 0.3) is 11.6 Å². The summed E-state index contributed by atoms with van der Waals surface area (Å²) in [6, 6.07) is 14.6. The summed E-state index contributed by atoms with van der Waals surface area (Å²) >= 11 is 3.09. The van der Waals surface area contributed by atoms with Gasteiger partial charge in [-0.3, -0.25) is 24.6 Å². The number of hydrogen-bond donors (Lipinski definition) is 0. The van der Waals surface area contributed by atoms with Crippen molar-refractivity contribution in [2.24, 2.45) is 0 Å². The number of para-hydroxylation sites is 1. The molecule has 2 aliphatic heterocycles. The Labute approximate surface area is 170 Å². The molecule has 2 aliphatic rings. The Morgan fingerprint density at radius 1 is 1.04 bits per heavy atom. The van der Waals surface area contributed by atoms with Crippen molar-refractivity contribution in [2.75, 3.05) is 16.4 Å². The number of benzene rings is 2. The van der Waals surface area contributed by atoms with Crippen molar-refractivity contribution in [3.05, 3.63) is 80.1 Å². The molecule has 28 heavy (non-hydrogen) atoms. The van der Waals surface area contributed by atoms with Crippen molar-refractivity contribution < 1.29 is 14.5 Å². The van der Waals surface area contributed by atoms with Crippen molar-refractivity contribution in [1.82, 2.24) is 0 Å². The van der Waals surface area contributed by atoms with Crippen LogP contribution in [0.1, 0.15) is 5.56 Å². The third-order valence-electron chi connectivity index (χ3n) is 4.63. The predicted molar refractivity (Wildman–Crippen MR) is 111 cm³/mol. The molecule has 0 aliphatic carbocycles. The number of rotatable bonds is 4. The van der Waals surface area contributed by atoms with Crippen LogP contribution in [0.2, 0.25) is 0 Å². The first kappa shape index (κ1) is 18.8. The maximum Gasteiger partial charge on any atom is 0.269 e. The highest BCUT2D eigenvalue weighted by Crippen LogP contribution is 2.43. The quantitative estimate of drug-likeness (QED) is 0.329. The fourth-order valence-electron chi connectivity index (χ4n) is 3.38. The van der Waals surface area contributed by atoms with Gasteiger partial charge in [-0.25, -0.2) is 0 Å². The Kier molecular flexibility index (Phi) is 5.23. The van der Waals surface area contributed by atoms with Crippen LogP contribution in [0, 0.1) is 10.1 Å². The van der Waals surface area contributed by atoms with Crippen LogP contribution in [-0.2, 0) is 16.0 Å². The molecule has 6 nitrogen and oxygen atoms in total. The molecule has 4 rings (SSSR count). The number of thioether (sulfide) groups is 2. The van der Waals surface area contributed by atoms with Gasteiger partial charge in [0.15, 0.2) is 5.78 Å². The maximum atomic E-state index is 13.2. The fraction of sp³-hybridized carbons (Fsp3) is 0.200. The Balaban J connectivity index is 1.75. The van der Waals surface area contributed by atoms with Gasteiger partial charge in [0, 0.05) is 35.7 Å². The lowest BCUT2D eigenvalue weighted by molar-refractivity contribution is -0.384. The SMILES string of the molecule is O=C1C(=C2SCCS2)C(=O)N(c2ccccc2)C1Cc1cccc([N+](=O)[O-])c1. The molecule has 1 atom stereocenters. The number of hydrogen-bond acceptors (Lipinski definition) is 6. The van der Waals surface area contributed by atoms with E-state index in [2.05, 4.69) is 0 Å². The molecule has 2 aromatic carbocycles. The van der Waals surface area contributed by atoms with Gasteiger partial charge in [-0.15, -0.1) is 23.5 Å². The normalized spacial score (nSPS) is 19.6. The smallest absolute Gasteiger partial charge is 0.269 e. The fourth-order valence-corrected chi connectivity index (χ4v) is 5.92. The van der Waals surface area contributed by atoms with Crippen LogP contribution in [0.5, 0.6) is 0 Å². The van der Waals surface area contributed by atoms with E-state index in [0.29, 0.717) is 11.3 Å². The van der Waals surface area contributed by atoms with Crippen molar-refractivity contribution in [2.45, 2.75) is 12.5 Å². The van der Waals surface area contributed by atoms with Gasteiger partial charge in [0.2, 0.25) is 0 Å². The van der Waals surface area contributed by atoms with Gasteiger partial charge >= 0.3 is 0 Å². The molecule has 2 aromatic rings. The van der Waals surface area contributed by atoms with Gasteiger partial charge in [0.05, 0.1) is 9.16 Å². The second kappa shape index (κ2) is 7.81. The molecule has 142 valence electrons. The molecule has 0 spiro atoms. The van der Waals surface area contributed by atoms with Crippen molar-refractivity contribution >= 4 is 46.6 Å². The number of nitrogens with zero attached hydrogens (tertiary/aromatic N) is 2. The summed E-state index contributed by atoms with van der Waals surface area (Å²) in [5.41, 5.74) is 1.53. The van der Waals surface area contributed by atoms with E-state index >= 15 is 0 Å². The highest BCUT2D eigenvalue weighted by molar-refractivity contribution is 8.25. The summed E-state index contributed by atoms with van der Waals surface area (Å²) in [5, 5.41) is 11.1. The van der Waals surface area contributed by atoms with E-state index in [4.69, 9.17) is 0 Å². The zero-order valence-corrected chi connectivity index (χ0v) is 16.4. The van der Waals surface area contributed by atoms with Gasteiger partial charge < -0.3 is 0 Å². The number of nitro benzene ring substituents is 1. The van der Waals surface area contributed by atoms with Crippen LogP contribution in [0.25, 0.3) is 0 Å². The maximum absolute atomic E-state index is 13.2. The molecule has 2 saturated heterocycles. The van der Waals surface area contributed by atoms with E-state index in [9.17, 15) is 19.7 Å². The largest absolute Gasteiger partial charge is 0.297 e. The number of Topliss-reactive ketones (excluding diaryl/α,β-unsaturated/α-hetero) is 1. The van der Waals surface area contributed by atoms with Crippen LogP contribution < -0.4 is 4.90 Å². The molecule has 2 heterocycles. The molecule has 1 amide bonds. The Bertz CT molecular complexity index is 983.